The van der Waals surface area contributed by atoms with Crippen LogP contribution in [0, 0.1) is 5.92 Å². The third-order valence-corrected chi connectivity index (χ3v) is 7.68. The number of hydrogen-bond acceptors (Lipinski definition) is 3. The van der Waals surface area contributed by atoms with Gasteiger partial charge in [-0.15, -0.1) is 11.3 Å². The second kappa shape index (κ2) is 11.2. The molecule has 0 aliphatic carbocycles. The largest absolute Gasteiger partial charge is 0.250 e. The summed E-state index contributed by atoms with van der Waals surface area (Å²) in [6.07, 6.45) is 4.32. The van der Waals surface area contributed by atoms with Gasteiger partial charge in [-0.1, -0.05) is 56.8 Å². The molecule has 4 nitrogen and oxygen atoms in total. The molecule has 149 valence electrons. The summed E-state index contributed by atoms with van der Waals surface area (Å²) in [4.78, 5) is 0.940. The zero-order chi connectivity index (χ0) is 19.7. The molecule has 7 heteroatoms. The van der Waals surface area contributed by atoms with Crippen molar-refractivity contribution >= 4 is 33.0 Å². The van der Waals surface area contributed by atoms with Gasteiger partial charge in [0.25, 0.3) is 0 Å². The molecule has 1 N–H and O–H groups in total. The molecular weight excluding hydrogens is 400 g/mol. The fraction of sp³-hybridized carbons (Fsp3) is 0.500. The van der Waals surface area contributed by atoms with Gasteiger partial charge in [0.05, 0.1) is 0 Å². The van der Waals surface area contributed by atoms with Crippen molar-refractivity contribution in [1.29, 1.82) is 0 Å². The quantitative estimate of drug-likeness (QED) is 0.506. The molecule has 1 aromatic carbocycles. The number of thiophene rings is 1. The molecule has 1 aromatic heterocycles. The Morgan fingerprint density at radius 3 is 2.70 bits per heavy atom. The molecule has 0 aliphatic heterocycles. The Bertz CT molecular complexity index is 806. The van der Waals surface area contributed by atoms with Crippen LogP contribution in [-0.2, 0) is 23.1 Å². The Hall–Kier alpha value is -0.920. The summed E-state index contributed by atoms with van der Waals surface area (Å²) in [5.74, 6) is 0.395. The Morgan fingerprint density at radius 1 is 1.19 bits per heavy atom. The van der Waals surface area contributed by atoms with Crippen LogP contribution in [-0.4, -0.2) is 15.0 Å². The fourth-order valence-corrected chi connectivity index (χ4v) is 5.44. The van der Waals surface area contributed by atoms with E-state index in [-0.39, 0.29) is 0 Å². The Morgan fingerprint density at radius 2 is 2.00 bits per heavy atom. The molecule has 2 aromatic rings. The normalized spacial score (nSPS) is 13.0. The van der Waals surface area contributed by atoms with Crippen LogP contribution < -0.4 is 10.0 Å². The van der Waals surface area contributed by atoms with Crippen molar-refractivity contribution in [2.45, 2.75) is 56.8 Å². The zero-order valence-electron chi connectivity index (χ0n) is 15.9. The number of benzene rings is 1. The summed E-state index contributed by atoms with van der Waals surface area (Å²) in [6.45, 7) is 5.83. The highest BCUT2D eigenvalue weighted by Crippen LogP contribution is 2.22. The molecule has 1 radical (unpaired) electrons. The van der Waals surface area contributed by atoms with Crippen LogP contribution in [0.2, 0.25) is 5.02 Å². The van der Waals surface area contributed by atoms with Crippen molar-refractivity contribution in [3.05, 3.63) is 51.9 Å². The highest BCUT2D eigenvalue weighted by molar-refractivity contribution is 7.91. The van der Waals surface area contributed by atoms with Crippen molar-refractivity contribution in [2.24, 2.45) is 5.92 Å². The van der Waals surface area contributed by atoms with E-state index in [0.29, 0.717) is 34.8 Å². The minimum Gasteiger partial charge on any atom is -0.231 e. The predicted molar refractivity (Wildman–Crippen MR) is 114 cm³/mol. The Kier molecular flexibility index (Phi) is 9.26. The van der Waals surface area contributed by atoms with E-state index in [2.05, 4.69) is 23.9 Å². The zero-order valence-corrected chi connectivity index (χ0v) is 18.3. The summed E-state index contributed by atoms with van der Waals surface area (Å²) < 4.78 is 28.2. The Balaban J connectivity index is 1.85. The molecule has 0 saturated carbocycles. The second-order valence-electron chi connectivity index (χ2n) is 6.66. The molecule has 0 spiro atoms. The lowest BCUT2D eigenvalue weighted by atomic mass is 10.00. The van der Waals surface area contributed by atoms with Crippen LogP contribution in [0.1, 0.15) is 50.0 Å². The SMILES string of the molecule is CCCCC(CC)CNS(=O)(=O)c1ccc(C[N]Cc2cccc(Cl)c2)s1. The number of unbranched alkanes of at least 4 members (excludes halogenated alkanes) is 1. The highest BCUT2D eigenvalue weighted by Gasteiger charge is 2.18. The van der Waals surface area contributed by atoms with E-state index in [1.54, 1.807) is 6.07 Å². The molecule has 0 fully saturated rings. The van der Waals surface area contributed by atoms with E-state index in [9.17, 15) is 8.42 Å². The van der Waals surface area contributed by atoms with Crippen LogP contribution in [0.5, 0.6) is 0 Å². The highest BCUT2D eigenvalue weighted by atomic mass is 35.5. The minimum absolute atomic E-state index is 0.362. The molecule has 2 rings (SSSR count). The van der Waals surface area contributed by atoms with Gasteiger partial charge in [-0.05, 0) is 42.2 Å². The lowest BCUT2D eigenvalue weighted by molar-refractivity contribution is 0.444. The van der Waals surface area contributed by atoms with Gasteiger partial charge in [0.15, 0.2) is 0 Å². The summed E-state index contributed by atoms with van der Waals surface area (Å²) >= 11 is 7.26. The maximum Gasteiger partial charge on any atom is 0.250 e. The molecule has 27 heavy (non-hydrogen) atoms. The molecular formula is C20H28ClN2O2S2. The van der Waals surface area contributed by atoms with Gasteiger partial charge in [-0.2, -0.15) is 0 Å². The molecule has 1 unspecified atom stereocenters. The van der Waals surface area contributed by atoms with E-state index in [1.165, 1.54) is 11.3 Å². The number of hydrogen-bond donors (Lipinski definition) is 1. The number of sulfonamides is 1. The van der Waals surface area contributed by atoms with Gasteiger partial charge in [0.1, 0.15) is 4.21 Å². The van der Waals surface area contributed by atoms with Crippen LogP contribution in [0.4, 0.5) is 0 Å². The number of nitrogens with zero attached hydrogens (tertiary/aromatic N) is 1. The van der Waals surface area contributed by atoms with E-state index in [0.717, 1.165) is 36.1 Å². The van der Waals surface area contributed by atoms with E-state index >= 15 is 0 Å². The first-order chi connectivity index (χ1) is 12.9. The van der Waals surface area contributed by atoms with Crippen LogP contribution in [0.15, 0.2) is 40.6 Å². The number of halogens is 1. The minimum atomic E-state index is -3.44. The standard InChI is InChI=1S/C20H28ClN2O2S2/c1-3-5-7-16(4-2)14-23-27(24,25)20-11-10-19(26-20)15-22-13-17-8-6-9-18(21)12-17/h6,8-12,16,23H,3-5,7,13-15H2,1-2H3. The summed E-state index contributed by atoms with van der Waals surface area (Å²) in [7, 11) is -3.44. The fourth-order valence-electron chi connectivity index (χ4n) is 2.76. The molecule has 0 saturated heterocycles. The lowest BCUT2D eigenvalue weighted by Crippen LogP contribution is -2.28. The van der Waals surface area contributed by atoms with Crippen molar-refractivity contribution in [3.63, 3.8) is 0 Å². The Labute approximate surface area is 172 Å². The average molecular weight is 428 g/mol. The smallest absolute Gasteiger partial charge is 0.231 e. The van der Waals surface area contributed by atoms with Gasteiger partial charge in [0, 0.05) is 29.5 Å². The van der Waals surface area contributed by atoms with E-state index in [1.807, 2.05) is 30.3 Å². The van der Waals surface area contributed by atoms with Crippen molar-refractivity contribution < 1.29 is 8.42 Å². The second-order valence-corrected chi connectivity index (χ2v) is 10.3. The summed E-state index contributed by atoms with van der Waals surface area (Å²) in [5, 5.41) is 5.20. The molecule has 1 atom stereocenters. The molecule has 0 aliphatic rings. The van der Waals surface area contributed by atoms with Crippen molar-refractivity contribution in [1.82, 2.24) is 10.0 Å². The van der Waals surface area contributed by atoms with E-state index in [4.69, 9.17) is 11.6 Å². The topological polar surface area (TPSA) is 60.3 Å². The van der Waals surface area contributed by atoms with Gasteiger partial charge in [-0.3, -0.25) is 0 Å². The van der Waals surface area contributed by atoms with Crippen LogP contribution in [0.25, 0.3) is 0 Å². The lowest BCUT2D eigenvalue weighted by Gasteiger charge is -2.14. The van der Waals surface area contributed by atoms with Gasteiger partial charge in [0.2, 0.25) is 10.0 Å². The van der Waals surface area contributed by atoms with Crippen molar-refractivity contribution in [3.8, 4) is 0 Å². The first kappa shape index (κ1) is 22.4. The predicted octanol–water partition coefficient (Wildman–Crippen LogP) is 5.20. The van der Waals surface area contributed by atoms with Crippen molar-refractivity contribution in [2.75, 3.05) is 6.54 Å². The maximum atomic E-state index is 12.5. The maximum absolute atomic E-state index is 12.5. The third kappa shape index (κ3) is 7.54. The van der Waals surface area contributed by atoms with Crippen LogP contribution in [0.3, 0.4) is 0 Å². The third-order valence-electron chi connectivity index (χ3n) is 4.46. The first-order valence-electron chi connectivity index (χ1n) is 9.40. The van der Waals surface area contributed by atoms with E-state index < -0.39 is 10.0 Å². The average Bonchev–Trinajstić information content (AvgIpc) is 3.12. The summed E-state index contributed by atoms with van der Waals surface area (Å²) in [6, 6.07) is 11.1. The van der Waals surface area contributed by atoms with Gasteiger partial charge in [-0.25, -0.2) is 18.5 Å². The molecule has 0 bridgehead atoms. The number of rotatable bonds is 12. The number of nitrogens with one attached hydrogen (secondary N) is 1. The summed E-state index contributed by atoms with van der Waals surface area (Å²) in [5.41, 5.74) is 1.05. The van der Waals surface area contributed by atoms with Gasteiger partial charge >= 0.3 is 0 Å². The first-order valence-corrected chi connectivity index (χ1v) is 12.1. The van der Waals surface area contributed by atoms with Crippen LogP contribution >= 0.6 is 22.9 Å². The molecule has 1 heterocycles. The van der Waals surface area contributed by atoms with Gasteiger partial charge < -0.3 is 0 Å². The monoisotopic (exact) mass is 427 g/mol. The molecule has 0 amide bonds.